The Morgan fingerprint density at radius 3 is 2.71 bits per heavy atom. The van der Waals surface area contributed by atoms with E-state index in [0.717, 1.165) is 18.7 Å². The minimum absolute atomic E-state index is 0.0114. The Morgan fingerprint density at radius 1 is 1.24 bits per heavy atom. The summed E-state index contributed by atoms with van der Waals surface area (Å²) in [7, 11) is 5.25. The molecule has 0 spiro atoms. The molecule has 0 aliphatic carbocycles. The Hall–Kier alpha value is -1.95. The number of benzene rings is 1. The molecule has 0 aromatic heterocycles. The Bertz CT molecular complexity index is 548. The molecule has 0 bridgehead atoms. The zero-order valence-corrected chi connectivity index (χ0v) is 12.5. The molecule has 0 N–H and O–H groups in total. The van der Waals surface area contributed by atoms with E-state index in [1.807, 2.05) is 25.2 Å². The van der Waals surface area contributed by atoms with Crippen LogP contribution in [0, 0.1) is 0 Å². The van der Waals surface area contributed by atoms with Crippen LogP contribution in [0.2, 0.25) is 0 Å². The molecule has 0 unspecified atom stereocenters. The molecular formula is C15H20N2O4. The van der Waals surface area contributed by atoms with Crippen LogP contribution in [0.25, 0.3) is 0 Å². The van der Waals surface area contributed by atoms with E-state index in [4.69, 9.17) is 14.2 Å². The van der Waals surface area contributed by atoms with Gasteiger partial charge in [-0.15, -0.1) is 0 Å². The largest absolute Gasteiger partial charge is 0.493 e. The maximum Gasteiger partial charge on any atom is 0.410 e. The van der Waals surface area contributed by atoms with Crippen LogP contribution in [0.1, 0.15) is 5.56 Å². The molecule has 3 rings (SSSR count). The number of likely N-dealkylation sites (N-methyl/N-ethyl adjacent to an activating group) is 1. The number of hydrogen-bond donors (Lipinski definition) is 0. The van der Waals surface area contributed by atoms with E-state index in [1.54, 1.807) is 19.1 Å². The first-order valence-electron chi connectivity index (χ1n) is 6.99. The Balaban J connectivity index is 1.78. The highest BCUT2D eigenvalue weighted by Gasteiger charge is 2.46. The van der Waals surface area contributed by atoms with Crippen molar-refractivity contribution in [3.63, 3.8) is 0 Å². The zero-order valence-electron chi connectivity index (χ0n) is 12.5. The highest BCUT2D eigenvalue weighted by atomic mass is 16.6. The number of likely N-dealkylation sites (tertiary alicyclic amines) is 1. The van der Waals surface area contributed by atoms with Gasteiger partial charge in [0.1, 0.15) is 6.10 Å². The molecular weight excluding hydrogens is 272 g/mol. The van der Waals surface area contributed by atoms with Gasteiger partial charge in [-0.3, -0.25) is 4.90 Å². The van der Waals surface area contributed by atoms with Crippen LogP contribution in [-0.2, 0) is 11.3 Å². The van der Waals surface area contributed by atoms with Crippen molar-refractivity contribution in [3.05, 3.63) is 23.8 Å². The second kappa shape index (κ2) is 5.44. The smallest absolute Gasteiger partial charge is 0.410 e. The number of carbonyl (C=O) groups is 1. The van der Waals surface area contributed by atoms with Crippen LogP contribution in [0.5, 0.6) is 11.5 Å². The predicted octanol–water partition coefficient (Wildman–Crippen LogP) is 1.34. The molecule has 2 atom stereocenters. The predicted molar refractivity (Wildman–Crippen MR) is 76.6 cm³/mol. The number of methoxy groups -OCH3 is 2. The van der Waals surface area contributed by atoms with Gasteiger partial charge in [-0.05, 0) is 24.7 Å². The average molecular weight is 292 g/mol. The van der Waals surface area contributed by atoms with Crippen molar-refractivity contribution in [1.82, 2.24) is 9.80 Å². The lowest BCUT2D eigenvalue weighted by Crippen LogP contribution is -2.36. The highest BCUT2D eigenvalue weighted by molar-refractivity contribution is 5.71. The average Bonchev–Trinajstić information content (AvgIpc) is 2.96. The van der Waals surface area contributed by atoms with Gasteiger partial charge >= 0.3 is 6.09 Å². The molecule has 2 saturated heterocycles. The van der Waals surface area contributed by atoms with Crippen molar-refractivity contribution in [3.8, 4) is 11.5 Å². The van der Waals surface area contributed by atoms with Crippen LogP contribution < -0.4 is 9.47 Å². The van der Waals surface area contributed by atoms with Gasteiger partial charge in [0.2, 0.25) is 0 Å². The number of amides is 1. The second-order valence-corrected chi connectivity index (χ2v) is 5.53. The van der Waals surface area contributed by atoms with Gasteiger partial charge in [0.05, 0.1) is 20.3 Å². The second-order valence-electron chi connectivity index (χ2n) is 5.53. The third kappa shape index (κ3) is 2.51. The van der Waals surface area contributed by atoms with Gasteiger partial charge < -0.3 is 19.1 Å². The number of fused-ring (bicyclic) bond motifs is 1. The summed E-state index contributed by atoms with van der Waals surface area (Å²) in [6.45, 7) is 2.18. The van der Waals surface area contributed by atoms with Crippen molar-refractivity contribution in [2.24, 2.45) is 0 Å². The molecule has 1 aromatic carbocycles. The molecule has 1 amide bonds. The van der Waals surface area contributed by atoms with Crippen LogP contribution >= 0.6 is 0 Å². The van der Waals surface area contributed by atoms with Gasteiger partial charge in [-0.25, -0.2) is 4.79 Å². The summed E-state index contributed by atoms with van der Waals surface area (Å²) in [6.07, 6.45) is -0.240. The molecule has 2 aliphatic heterocycles. The number of hydrogen-bond acceptors (Lipinski definition) is 5. The number of nitrogens with zero attached hydrogens (tertiary/aromatic N) is 2. The van der Waals surface area contributed by atoms with Crippen molar-refractivity contribution in [2.75, 3.05) is 34.4 Å². The van der Waals surface area contributed by atoms with E-state index in [1.165, 1.54) is 0 Å². The summed E-state index contributed by atoms with van der Waals surface area (Å²) < 4.78 is 16.0. The number of rotatable bonds is 4. The van der Waals surface area contributed by atoms with Gasteiger partial charge in [-0.1, -0.05) is 6.07 Å². The van der Waals surface area contributed by atoms with Crippen LogP contribution in [0.3, 0.4) is 0 Å². The number of carbonyl (C=O) groups excluding carboxylic acids is 1. The van der Waals surface area contributed by atoms with Gasteiger partial charge in [0.15, 0.2) is 11.5 Å². The molecule has 6 nitrogen and oxygen atoms in total. The van der Waals surface area contributed by atoms with E-state index >= 15 is 0 Å². The highest BCUT2D eigenvalue weighted by Crippen LogP contribution is 2.31. The molecule has 21 heavy (non-hydrogen) atoms. The molecule has 2 aliphatic rings. The van der Waals surface area contributed by atoms with Crippen molar-refractivity contribution in [2.45, 2.75) is 18.7 Å². The Labute approximate surface area is 124 Å². The first-order chi connectivity index (χ1) is 10.1. The molecule has 2 fully saturated rings. The van der Waals surface area contributed by atoms with Crippen LogP contribution in [0.4, 0.5) is 4.79 Å². The molecule has 0 radical (unpaired) electrons. The maximum atomic E-state index is 12.0. The maximum absolute atomic E-state index is 12.0. The summed E-state index contributed by atoms with van der Waals surface area (Å²) >= 11 is 0. The fourth-order valence-corrected chi connectivity index (χ4v) is 3.05. The summed E-state index contributed by atoms with van der Waals surface area (Å²) in [5, 5.41) is 0. The van der Waals surface area contributed by atoms with Crippen molar-refractivity contribution < 1.29 is 19.0 Å². The lowest BCUT2D eigenvalue weighted by molar-refractivity contribution is 0.124. The fraction of sp³-hybridized carbons (Fsp3) is 0.533. The first-order valence-corrected chi connectivity index (χ1v) is 6.99. The SMILES string of the molecule is COc1ccc(CN2C(=O)O[C@H]3CN(C)C[C@H]32)cc1OC. The number of ether oxygens (including phenoxy) is 3. The van der Waals surface area contributed by atoms with Crippen LogP contribution in [0.15, 0.2) is 18.2 Å². The monoisotopic (exact) mass is 292 g/mol. The lowest BCUT2D eigenvalue weighted by Gasteiger charge is -2.21. The normalized spacial score (nSPS) is 24.9. The van der Waals surface area contributed by atoms with E-state index in [2.05, 4.69) is 4.90 Å². The summed E-state index contributed by atoms with van der Waals surface area (Å²) in [5.41, 5.74) is 1.000. The van der Waals surface area contributed by atoms with Crippen LogP contribution in [-0.4, -0.2) is 62.4 Å². The van der Waals surface area contributed by atoms with Crippen molar-refractivity contribution in [1.29, 1.82) is 0 Å². The van der Waals surface area contributed by atoms with E-state index < -0.39 is 0 Å². The zero-order chi connectivity index (χ0) is 15.0. The minimum Gasteiger partial charge on any atom is -0.493 e. The van der Waals surface area contributed by atoms with Gasteiger partial charge in [0, 0.05) is 19.6 Å². The summed E-state index contributed by atoms with van der Waals surface area (Å²) in [4.78, 5) is 16.0. The van der Waals surface area contributed by atoms with E-state index in [0.29, 0.717) is 18.0 Å². The quantitative estimate of drug-likeness (QED) is 0.838. The fourth-order valence-electron chi connectivity index (χ4n) is 3.05. The van der Waals surface area contributed by atoms with Crippen molar-refractivity contribution >= 4 is 6.09 Å². The van der Waals surface area contributed by atoms with Gasteiger partial charge in [-0.2, -0.15) is 0 Å². The molecule has 0 saturated carbocycles. The summed E-state index contributed by atoms with van der Waals surface area (Å²) in [6, 6.07) is 5.84. The minimum atomic E-state index is -0.229. The third-order valence-electron chi connectivity index (χ3n) is 4.11. The van der Waals surface area contributed by atoms with E-state index in [-0.39, 0.29) is 18.2 Å². The molecule has 6 heteroatoms. The third-order valence-corrected chi connectivity index (χ3v) is 4.11. The Kier molecular flexibility index (Phi) is 3.63. The standard InChI is InChI=1S/C15H20N2O4/c1-16-8-11-14(9-16)21-15(18)17(11)7-10-4-5-12(19-2)13(6-10)20-3/h4-6,11,14H,7-9H2,1-3H3/t11-,14+/m1/s1. The van der Waals surface area contributed by atoms with Gasteiger partial charge in [0.25, 0.3) is 0 Å². The lowest BCUT2D eigenvalue weighted by atomic mass is 10.1. The Morgan fingerprint density at radius 2 is 2.00 bits per heavy atom. The topological polar surface area (TPSA) is 51.2 Å². The molecule has 114 valence electrons. The molecule has 1 aromatic rings. The summed E-state index contributed by atoms with van der Waals surface area (Å²) in [5.74, 6) is 1.35. The first kappa shape index (κ1) is 14.0. The van der Waals surface area contributed by atoms with E-state index in [9.17, 15) is 4.79 Å². The molecule has 2 heterocycles.